The van der Waals surface area contributed by atoms with E-state index in [1.807, 2.05) is 18.2 Å². The highest BCUT2D eigenvalue weighted by Gasteiger charge is 2.06. The summed E-state index contributed by atoms with van der Waals surface area (Å²) in [6.07, 6.45) is 4.38. The highest BCUT2D eigenvalue weighted by Crippen LogP contribution is 2.29. The van der Waals surface area contributed by atoms with Gasteiger partial charge in [0.15, 0.2) is 0 Å². The van der Waals surface area contributed by atoms with Crippen LogP contribution >= 0.6 is 34.8 Å². The second kappa shape index (κ2) is 7.50. The Bertz CT molecular complexity index is 747. The Labute approximate surface area is 143 Å². The zero-order valence-corrected chi connectivity index (χ0v) is 13.5. The molecule has 0 saturated heterocycles. The van der Waals surface area contributed by atoms with E-state index in [9.17, 15) is 4.79 Å². The first-order valence-electron chi connectivity index (χ1n) is 6.29. The van der Waals surface area contributed by atoms with E-state index >= 15 is 0 Å². The van der Waals surface area contributed by atoms with Crippen LogP contribution in [0.1, 0.15) is 11.1 Å². The summed E-state index contributed by atoms with van der Waals surface area (Å²) >= 11 is 18.0. The Morgan fingerprint density at radius 3 is 2.14 bits per heavy atom. The SMILES string of the molecule is O=C(O)C=CC(=Cc1ccc(Cl)cc1)c1ccc(Cl)cc1Cl. The molecule has 2 aromatic carbocycles. The molecule has 2 nitrogen and oxygen atoms in total. The third-order valence-corrected chi connectivity index (χ3v) is 3.64. The smallest absolute Gasteiger partial charge is 0.328 e. The quantitative estimate of drug-likeness (QED) is 0.426. The van der Waals surface area contributed by atoms with E-state index in [0.717, 1.165) is 11.6 Å². The molecule has 0 heterocycles. The first-order valence-corrected chi connectivity index (χ1v) is 7.43. The van der Waals surface area contributed by atoms with Crippen LogP contribution in [0.4, 0.5) is 0 Å². The van der Waals surface area contributed by atoms with E-state index in [-0.39, 0.29) is 0 Å². The number of carboxylic acids is 1. The molecule has 0 saturated carbocycles. The van der Waals surface area contributed by atoms with E-state index < -0.39 is 5.97 Å². The molecule has 22 heavy (non-hydrogen) atoms. The van der Waals surface area contributed by atoms with Gasteiger partial charge in [-0.3, -0.25) is 0 Å². The second-order valence-corrected chi connectivity index (χ2v) is 5.73. The van der Waals surface area contributed by atoms with Crippen LogP contribution in [0.15, 0.2) is 54.6 Å². The fraction of sp³-hybridized carbons (Fsp3) is 0. The minimum atomic E-state index is -1.04. The monoisotopic (exact) mass is 352 g/mol. The molecule has 0 radical (unpaired) electrons. The van der Waals surface area contributed by atoms with Crippen molar-refractivity contribution < 1.29 is 9.90 Å². The molecule has 0 amide bonds. The number of rotatable bonds is 4. The van der Waals surface area contributed by atoms with Gasteiger partial charge >= 0.3 is 5.97 Å². The van der Waals surface area contributed by atoms with E-state index in [2.05, 4.69) is 0 Å². The lowest BCUT2D eigenvalue weighted by Gasteiger charge is -2.07. The van der Waals surface area contributed by atoms with Crippen LogP contribution in [0.25, 0.3) is 11.6 Å². The van der Waals surface area contributed by atoms with Gasteiger partial charge in [-0.15, -0.1) is 0 Å². The zero-order valence-electron chi connectivity index (χ0n) is 11.3. The van der Waals surface area contributed by atoms with Crippen molar-refractivity contribution in [3.63, 3.8) is 0 Å². The Morgan fingerprint density at radius 2 is 1.55 bits per heavy atom. The number of halogens is 3. The Kier molecular flexibility index (Phi) is 5.67. The summed E-state index contributed by atoms with van der Waals surface area (Å²) < 4.78 is 0. The lowest BCUT2D eigenvalue weighted by Crippen LogP contribution is -1.89. The van der Waals surface area contributed by atoms with E-state index in [0.29, 0.717) is 26.2 Å². The van der Waals surface area contributed by atoms with Crippen LogP contribution in [0.2, 0.25) is 15.1 Å². The maximum absolute atomic E-state index is 10.8. The van der Waals surface area contributed by atoms with Crippen LogP contribution < -0.4 is 0 Å². The van der Waals surface area contributed by atoms with Crippen molar-refractivity contribution in [2.45, 2.75) is 0 Å². The maximum atomic E-state index is 10.8. The predicted octanol–water partition coefficient (Wildman–Crippen LogP) is 5.83. The number of allylic oxidation sites excluding steroid dienone is 2. The first kappa shape index (κ1) is 16.6. The minimum Gasteiger partial charge on any atom is -0.478 e. The normalized spacial score (nSPS) is 11.9. The summed E-state index contributed by atoms with van der Waals surface area (Å²) in [5, 5.41) is 10.4. The Hall–Kier alpha value is -1.74. The summed E-state index contributed by atoms with van der Waals surface area (Å²) in [5.41, 5.74) is 2.23. The fourth-order valence-electron chi connectivity index (χ4n) is 1.84. The van der Waals surface area contributed by atoms with Gasteiger partial charge in [0, 0.05) is 26.7 Å². The standard InChI is InChI=1S/C17H11Cl3O2/c18-13-4-1-11(2-5-13)9-12(3-8-17(21)22)15-7-6-14(19)10-16(15)20/h1-10H,(H,21,22). The van der Waals surface area contributed by atoms with Gasteiger partial charge < -0.3 is 5.11 Å². The van der Waals surface area contributed by atoms with E-state index in [4.69, 9.17) is 39.9 Å². The molecule has 0 fully saturated rings. The molecular formula is C17H11Cl3O2. The predicted molar refractivity (Wildman–Crippen MR) is 92.6 cm³/mol. The highest BCUT2D eigenvalue weighted by atomic mass is 35.5. The van der Waals surface area contributed by atoms with Crippen molar-refractivity contribution in [2.24, 2.45) is 0 Å². The van der Waals surface area contributed by atoms with Crippen molar-refractivity contribution in [3.8, 4) is 0 Å². The van der Waals surface area contributed by atoms with Crippen molar-refractivity contribution in [2.75, 3.05) is 0 Å². The van der Waals surface area contributed by atoms with Crippen molar-refractivity contribution in [3.05, 3.63) is 80.8 Å². The molecule has 2 aromatic rings. The average molecular weight is 354 g/mol. The number of hydrogen-bond donors (Lipinski definition) is 1. The summed E-state index contributed by atoms with van der Waals surface area (Å²) in [4.78, 5) is 10.8. The molecule has 0 aliphatic rings. The van der Waals surface area contributed by atoms with Crippen LogP contribution in [0.5, 0.6) is 0 Å². The van der Waals surface area contributed by atoms with Gasteiger partial charge in [-0.05, 0) is 47.6 Å². The summed E-state index contributed by atoms with van der Waals surface area (Å²) in [7, 11) is 0. The molecular weight excluding hydrogens is 343 g/mol. The van der Waals surface area contributed by atoms with Gasteiger partial charge in [-0.25, -0.2) is 4.79 Å². The largest absolute Gasteiger partial charge is 0.478 e. The zero-order chi connectivity index (χ0) is 16.1. The van der Waals surface area contributed by atoms with Gasteiger partial charge in [0.25, 0.3) is 0 Å². The van der Waals surface area contributed by atoms with Crippen LogP contribution in [-0.2, 0) is 4.79 Å². The number of carbonyl (C=O) groups is 1. The molecule has 0 unspecified atom stereocenters. The third kappa shape index (κ3) is 4.63. The fourth-order valence-corrected chi connectivity index (χ4v) is 2.48. The molecule has 0 atom stereocenters. The van der Waals surface area contributed by atoms with E-state index in [1.165, 1.54) is 6.08 Å². The maximum Gasteiger partial charge on any atom is 0.328 e. The van der Waals surface area contributed by atoms with Gasteiger partial charge in [0.2, 0.25) is 0 Å². The molecule has 5 heteroatoms. The van der Waals surface area contributed by atoms with Gasteiger partial charge in [-0.2, -0.15) is 0 Å². The average Bonchev–Trinajstić information content (AvgIpc) is 2.46. The summed E-state index contributed by atoms with van der Waals surface area (Å²) in [6.45, 7) is 0. The molecule has 0 aromatic heterocycles. The van der Waals surface area contributed by atoms with E-state index in [1.54, 1.807) is 30.3 Å². The molecule has 112 valence electrons. The topological polar surface area (TPSA) is 37.3 Å². The van der Waals surface area contributed by atoms with Gasteiger partial charge in [0.1, 0.15) is 0 Å². The molecule has 1 N–H and O–H groups in total. The Balaban J connectivity index is 2.50. The Morgan fingerprint density at radius 1 is 0.909 bits per heavy atom. The number of carboxylic acid groups (broad SMARTS) is 1. The second-order valence-electron chi connectivity index (χ2n) is 4.45. The minimum absolute atomic E-state index is 0.447. The van der Waals surface area contributed by atoms with Gasteiger partial charge in [0.05, 0.1) is 0 Å². The van der Waals surface area contributed by atoms with Crippen molar-refractivity contribution in [1.29, 1.82) is 0 Å². The van der Waals surface area contributed by atoms with Crippen LogP contribution in [0, 0.1) is 0 Å². The summed E-state index contributed by atoms with van der Waals surface area (Å²) in [5.74, 6) is -1.04. The number of aliphatic carboxylic acids is 1. The number of hydrogen-bond acceptors (Lipinski definition) is 1. The lowest BCUT2D eigenvalue weighted by atomic mass is 10.0. The number of benzene rings is 2. The molecule has 0 aliphatic heterocycles. The van der Waals surface area contributed by atoms with Gasteiger partial charge in [-0.1, -0.05) is 53.0 Å². The molecule has 2 rings (SSSR count). The molecule has 0 spiro atoms. The van der Waals surface area contributed by atoms with Crippen LogP contribution in [-0.4, -0.2) is 11.1 Å². The lowest BCUT2D eigenvalue weighted by molar-refractivity contribution is -0.131. The first-order chi connectivity index (χ1) is 10.5. The molecule has 0 bridgehead atoms. The molecule has 0 aliphatic carbocycles. The highest BCUT2D eigenvalue weighted by molar-refractivity contribution is 6.36. The van der Waals surface area contributed by atoms with Crippen LogP contribution in [0.3, 0.4) is 0 Å². The van der Waals surface area contributed by atoms with Crippen molar-refractivity contribution >= 4 is 52.4 Å². The third-order valence-electron chi connectivity index (χ3n) is 2.84. The summed E-state index contributed by atoms with van der Waals surface area (Å²) in [6, 6.07) is 12.3. The van der Waals surface area contributed by atoms with Crippen molar-refractivity contribution in [1.82, 2.24) is 0 Å².